The number of rotatable bonds is 46. The van der Waals surface area contributed by atoms with Crippen LogP contribution >= 0.6 is 0 Å². The highest BCUT2D eigenvalue weighted by atomic mass is 16.6. The van der Waals surface area contributed by atoms with Crippen molar-refractivity contribution in [3.63, 3.8) is 0 Å². The van der Waals surface area contributed by atoms with Crippen LogP contribution in [-0.2, 0) is 28.6 Å². The van der Waals surface area contributed by atoms with Crippen molar-refractivity contribution in [1.29, 1.82) is 0 Å². The van der Waals surface area contributed by atoms with Gasteiger partial charge in [0.15, 0.2) is 6.10 Å². The van der Waals surface area contributed by atoms with Crippen molar-refractivity contribution in [2.24, 2.45) is 0 Å². The third-order valence-electron chi connectivity index (χ3n) is 11.1. The van der Waals surface area contributed by atoms with Crippen LogP contribution in [0, 0.1) is 0 Å². The van der Waals surface area contributed by atoms with Crippen molar-refractivity contribution < 1.29 is 28.6 Å². The Bertz CT molecular complexity index is 1000. The molecule has 0 bridgehead atoms. The molecule has 0 aliphatic carbocycles. The monoisotopic (exact) mass is 829 g/mol. The van der Waals surface area contributed by atoms with E-state index in [0.29, 0.717) is 19.3 Å². The van der Waals surface area contributed by atoms with Gasteiger partial charge < -0.3 is 14.2 Å². The van der Waals surface area contributed by atoms with E-state index in [9.17, 15) is 14.4 Å². The molecule has 0 N–H and O–H groups in total. The fraction of sp³-hybridized carbons (Fsp3) is 0.830. The van der Waals surface area contributed by atoms with E-state index in [1.807, 2.05) is 0 Å². The molecule has 1 unspecified atom stereocenters. The van der Waals surface area contributed by atoms with Gasteiger partial charge in [-0.1, -0.05) is 211 Å². The largest absolute Gasteiger partial charge is 0.462 e. The maximum atomic E-state index is 12.7. The van der Waals surface area contributed by atoms with E-state index >= 15 is 0 Å². The molecule has 0 fully saturated rings. The number of ether oxygens (including phenoxy) is 3. The minimum atomic E-state index is -0.778. The normalized spacial score (nSPS) is 12.3. The van der Waals surface area contributed by atoms with Crippen LogP contribution in [0.15, 0.2) is 36.5 Å². The molecule has 0 spiro atoms. The molecule has 0 aliphatic heterocycles. The lowest BCUT2D eigenvalue weighted by atomic mass is 10.1. The molecular formula is C53H96O6. The van der Waals surface area contributed by atoms with Crippen molar-refractivity contribution >= 4 is 17.9 Å². The summed E-state index contributed by atoms with van der Waals surface area (Å²) in [4.78, 5) is 37.9. The number of unbranched alkanes of at least 4 members (excludes halogenated alkanes) is 30. The summed E-state index contributed by atoms with van der Waals surface area (Å²) in [7, 11) is 0. The Balaban J connectivity index is 4.35. The third kappa shape index (κ3) is 46.5. The highest BCUT2D eigenvalue weighted by Crippen LogP contribution is 2.15. The Morgan fingerprint density at radius 2 is 0.610 bits per heavy atom. The molecule has 0 aromatic carbocycles. The first-order chi connectivity index (χ1) is 29.0. The molecule has 6 heteroatoms. The molecule has 1 atom stereocenters. The average molecular weight is 829 g/mol. The maximum absolute atomic E-state index is 12.7. The van der Waals surface area contributed by atoms with Crippen LogP contribution < -0.4 is 0 Å². The fourth-order valence-electron chi connectivity index (χ4n) is 7.25. The van der Waals surface area contributed by atoms with Crippen LogP contribution in [0.5, 0.6) is 0 Å². The number of hydrogen-bond donors (Lipinski definition) is 0. The molecule has 59 heavy (non-hydrogen) atoms. The zero-order valence-electron chi connectivity index (χ0n) is 39.3. The van der Waals surface area contributed by atoms with Gasteiger partial charge in [0.1, 0.15) is 13.2 Å². The van der Waals surface area contributed by atoms with Crippen molar-refractivity contribution in [3.05, 3.63) is 36.5 Å². The van der Waals surface area contributed by atoms with E-state index in [1.165, 1.54) is 135 Å². The van der Waals surface area contributed by atoms with E-state index in [4.69, 9.17) is 14.2 Å². The SMILES string of the molecule is CCCCC/C=C\CCCCCCCC(=O)OC(COC(=O)CCCCCCC/C=C\C=C/CCCCCCCCC)COC(=O)CCCCCCCCCCCCC. The molecule has 0 aliphatic rings. The maximum Gasteiger partial charge on any atom is 0.306 e. The van der Waals surface area contributed by atoms with Crippen molar-refractivity contribution in [2.45, 2.75) is 271 Å². The Labute approximate surface area is 365 Å². The smallest absolute Gasteiger partial charge is 0.306 e. The predicted octanol–water partition coefficient (Wildman–Crippen LogP) is 16.5. The van der Waals surface area contributed by atoms with Crippen LogP contribution in [0.1, 0.15) is 265 Å². The Kier molecular flexibility index (Phi) is 46.4. The molecule has 0 saturated heterocycles. The van der Waals surface area contributed by atoms with E-state index in [1.54, 1.807) is 0 Å². The molecule has 0 heterocycles. The summed E-state index contributed by atoms with van der Waals surface area (Å²) < 4.78 is 16.7. The Morgan fingerprint density at radius 3 is 0.983 bits per heavy atom. The number of hydrogen-bond acceptors (Lipinski definition) is 6. The standard InChI is InChI=1S/C53H96O6/c1-4-7-10-13-16-19-22-24-25-26-27-28-29-32-34-37-40-43-46-52(55)58-49-50(48-57-51(54)45-42-39-36-33-30-21-18-15-12-9-6-3)59-53(56)47-44-41-38-35-31-23-20-17-14-11-8-5-2/h17,20,25-28,50H,4-16,18-19,21-24,29-49H2,1-3H3/b20-17-,26-25-,28-27-. The lowest BCUT2D eigenvalue weighted by Crippen LogP contribution is -2.30. The topological polar surface area (TPSA) is 78.9 Å². The summed E-state index contributed by atoms with van der Waals surface area (Å²) in [5.74, 6) is -0.896. The summed E-state index contributed by atoms with van der Waals surface area (Å²) >= 11 is 0. The zero-order chi connectivity index (χ0) is 43.0. The minimum Gasteiger partial charge on any atom is -0.462 e. The van der Waals surface area contributed by atoms with E-state index < -0.39 is 6.10 Å². The zero-order valence-corrected chi connectivity index (χ0v) is 39.3. The van der Waals surface area contributed by atoms with Gasteiger partial charge in [-0.15, -0.1) is 0 Å². The van der Waals surface area contributed by atoms with Gasteiger partial charge in [0.25, 0.3) is 0 Å². The Hall–Kier alpha value is -2.37. The minimum absolute atomic E-state index is 0.0781. The average Bonchev–Trinajstić information content (AvgIpc) is 3.23. The molecule has 344 valence electrons. The summed E-state index contributed by atoms with van der Waals surface area (Å²) in [6.07, 6.45) is 55.5. The summed E-state index contributed by atoms with van der Waals surface area (Å²) in [6.45, 7) is 6.59. The Morgan fingerprint density at radius 1 is 0.339 bits per heavy atom. The first-order valence-electron chi connectivity index (χ1n) is 25.5. The van der Waals surface area contributed by atoms with Gasteiger partial charge in [0.05, 0.1) is 0 Å². The highest BCUT2D eigenvalue weighted by molar-refractivity contribution is 5.71. The van der Waals surface area contributed by atoms with Gasteiger partial charge in [0.2, 0.25) is 0 Å². The molecule has 0 radical (unpaired) electrons. The summed E-state index contributed by atoms with van der Waals surface area (Å²) in [5, 5.41) is 0. The van der Waals surface area contributed by atoms with Crippen LogP contribution in [-0.4, -0.2) is 37.2 Å². The van der Waals surface area contributed by atoms with Crippen LogP contribution in [0.2, 0.25) is 0 Å². The molecule has 0 aromatic rings. The van der Waals surface area contributed by atoms with Crippen molar-refractivity contribution in [3.8, 4) is 0 Å². The molecule has 0 rings (SSSR count). The summed E-state index contributed by atoms with van der Waals surface area (Å²) in [5.41, 5.74) is 0. The van der Waals surface area contributed by atoms with Crippen molar-refractivity contribution in [1.82, 2.24) is 0 Å². The highest BCUT2D eigenvalue weighted by Gasteiger charge is 2.19. The van der Waals surface area contributed by atoms with Crippen LogP contribution in [0.3, 0.4) is 0 Å². The van der Waals surface area contributed by atoms with Crippen LogP contribution in [0.4, 0.5) is 0 Å². The lowest BCUT2D eigenvalue weighted by Gasteiger charge is -2.18. The van der Waals surface area contributed by atoms with Gasteiger partial charge in [-0.2, -0.15) is 0 Å². The third-order valence-corrected chi connectivity index (χ3v) is 11.1. The summed E-state index contributed by atoms with van der Waals surface area (Å²) in [6, 6.07) is 0. The van der Waals surface area contributed by atoms with Gasteiger partial charge in [0, 0.05) is 19.3 Å². The van der Waals surface area contributed by atoms with Gasteiger partial charge in [-0.3, -0.25) is 14.4 Å². The van der Waals surface area contributed by atoms with Crippen molar-refractivity contribution in [2.75, 3.05) is 13.2 Å². The second-order valence-electron chi connectivity index (χ2n) is 17.1. The molecule has 0 amide bonds. The molecule has 0 aromatic heterocycles. The van der Waals surface area contributed by atoms with Crippen LogP contribution in [0.25, 0.3) is 0 Å². The number of carbonyl (C=O) groups is 3. The van der Waals surface area contributed by atoms with E-state index in [-0.39, 0.29) is 31.1 Å². The number of esters is 3. The molecular weight excluding hydrogens is 733 g/mol. The van der Waals surface area contributed by atoms with E-state index in [2.05, 4.69) is 57.2 Å². The lowest BCUT2D eigenvalue weighted by molar-refractivity contribution is -0.167. The predicted molar refractivity (Wildman–Crippen MR) is 252 cm³/mol. The molecule has 0 saturated carbocycles. The first kappa shape index (κ1) is 56.6. The van der Waals surface area contributed by atoms with Gasteiger partial charge in [-0.25, -0.2) is 0 Å². The van der Waals surface area contributed by atoms with E-state index in [0.717, 1.165) is 89.9 Å². The van der Waals surface area contributed by atoms with Gasteiger partial charge >= 0.3 is 17.9 Å². The quantitative estimate of drug-likeness (QED) is 0.0200. The molecule has 6 nitrogen and oxygen atoms in total. The number of allylic oxidation sites excluding steroid dienone is 6. The second kappa shape index (κ2) is 48.3. The second-order valence-corrected chi connectivity index (χ2v) is 17.1. The first-order valence-corrected chi connectivity index (χ1v) is 25.5. The number of carbonyl (C=O) groups excluding carboxylic acids is 3. The van der Waals surface area contributed by atoms with Gasteiger partial charge in [-0.05, 0) is 70.6 Å². The fourth-order valence-corrected chi connectivity index (χ4v) is 7.25.